The number of hydrogen-bond donors (Lipinski definition) is 0. The molecule has 0 radical (unpaired) electrons. The molecule has 7 heteroatoms. The van der Waals surface area contributed by atoms with Crippen LogP contribution in [0.4, 0.5) is 0 Å². The molecule has 0 unspecified atom stereocenters. The van der Waals surface area contributed by atoms with E-state index < -0.39 is 8.32 Å². The first-order chi connectivity index (χ1) is 11.5. The van der Waals surface area contributed by atoms with Crippen molar-refractivity contribution in [3.05, 3.63) is 57.4 Å². The van der Waals surface area contributed by atoms with Crippen LogP contribution in [0.3, 0.4) is 0 Å². The van der Waals surface area contributed by atoms with E-state index in [1.54, 1.807) is 3.88 Å². The quantitative estimate of drug-likeness (QED) is 0.350. The zero-order valence-electron chi connectivity index (χ0n) is 15.3. The van der Waals surface area contributed by atoms with Crippen molar-refractivity contribution in [3.8, 4) is 0 Å². The topological polar surface area (TPSA) is 26.3 Å². The molecule has 0 fully saturated rings. The van der Waals surface area contributed by atoms with Gasteiger partial charge in [-0.3, -0.25) is 0 Å². The number of carbonyl (C=O) groups is 1. The SMILES string of the molecule is C[Si](C)(C)OCC[CH2][Ti+2][C]1=C2C(=CC(=O)C3=C2[SiH2]3)c2ccccc21.[Cl-].[Cl-]. The van der Waals surface area contributed by atoms with Crippen molar-refractivity contribution in [1.29, 1.82) is 0 Å². The van der Waals surface area contributed by atoms with Gasteiger partial charge in [-0.15, -0.1) is 0 Å². The van der Waals surface area contributed by atoms with E-state index >= 15 is 0 Å². The van der Waals surface area contributed by atoms with Gasteiger partial charge in [0.2, 0.25) is 0 Å². The minimum Gasteiger partial charge on any atom is -1.00 e. The monoisotopic (exact) mass is 456 g/mol. The molecule has 3 aliphatic rings. The van der Waals surface area contributed by atoms with Crippen LogP contribution in [-0.4, -0.2) is 30.2 Å². The fraction of sp³-hybridized carbons (Fsp3) is 0.316. The standard InChI is InChI=1S/C13H7OSi.C6H15OSi.2ClH.Ti/c14-11-6-9-8-4-2-1-3-7(8)5-10(9)12-13(11)15-12;1-5-6-7-8(2,3)4;;;/h1-4,6H,15H2;1,5-6H2,2-4H3;2*1H;/q;;;;+2/p-2. The minimum atomic E-state index is -1.38. The molecule has 0 saturated heterocycles. The van der Waals surface area contributed by atoms with Gasteiger partial charge in [0.05, 0.1) is 0 Å². The van der Waals surface area contributed by atoms with Gasteiger partial charge in [0.25, 0.3) is 0 Å². The maximum absolute atomic E-state index is 12.2. The van der Waals surface area contributed by atoms with Crippen LogP contribution in [0.2, 0.25) is 24.4 Å². The van der Waals surface area contributed by atoms with Crippen molar-refractivity contribution >= 4 is 33.1 Å². The third-order valence-electron chi connectivity index (χ3n) is 4.63. The van der Waals surface area contributed by atoms with Crippen LogP contribution in [-0.2, 0) is 28.4 Å². The molecule has 1 heterocycles. The summed E-state index contributed by atoms with van der Waals surface area (Å²) in [6, 6.07) is 8.69. The number of halogens is 2. The van der Waals surface area contributed by atoms with Crippen LogP contribution in [0.1, 0.15) is 17.5 Å². The molecule has 26 heavy (non-hydrogen) atoms. The van der Waals surface area contributed by atoms with E-state index in [0.717, 1.165) is 6.61 Å². The van der Waals surface area contributed by atoms with E-state index in [1.165, 1.54) is 43.8 Å². The fourth-order valence-corrected chi connectivity index (χ4v) is 8.20. The van der Waals surface area contributed by atoms with Crippen LogP contribution in [0.15, 0.2) is 46.3 Å². The predicted octanol–water partition coefficient (Wildman–Crippen LogP) is -2.48. The summed E-state index contributed by atoms with van der Waals surface area (Å²) in [5, 5.41) is 2.68. The van der Waals surface area contributed by atoms with E-state index in [-0.39, 0.29) is 53.5 Å². The molecule has 4 rings (SSSR count). The predicted molar refractivity (Wildman–Crippen MR) is 101 cm³/mol. The van der Waals surface area contributed by atoms with Crippen LogP contribution < -0.4 is 24.8 Å². The average Bonchev–Trinajstić information content (AvgIpc) is 3.27. The number of fused-ring (bicyclic) bond motifs is 4. The summed E-state index contributed by atoms with van der Waals surface area (Å²) in [4.78, 5) is 12.2. The number of rotatable bonds is 6. The van der Waals surface area contributed by atoms with E-state index in [2.05, 4.69) is 43.9 Å². The summed E-state index contributed by atoms with van der Waals surface area (Å²) in [7, 11) is -1.75. The third-order valence-corrected chi connectivity index (χ3v) is 9.77. The molecular formula is C19H22Cl2O2Si2Ti. The summed E-state index contributed by atoms with van der Waals surface area (Å²) >= 11 is -0.180. The van der Waals surface area contributed by atoms with Gasteiger partial charge in [0, 0.05) is 0 Å². The zero-order chi connectivity index (χ0) is 16.9. The maximum Gasteiger partial charge on any atom is -1.00 e. The number of allylic oxidation sites excluding steroid dienone is 5. The molecule has 1 aromatic rings. The van der Waals surface area contributed by atoms with Crippen molar-refractivity contribution < 1.29 is 53.2 Å². The Bertz CT molecular complexity index is 838. The Kier molecular flexibility index (Phi) is 7.17. The Balaban J connectivity index is 0.00000121. The number of carbonyl (C=O) groups excluding carboxylic acids is 1. The molecular weight excluding hydrogens is 435 g/mol. The molecule has 0 amide bonds. The van der Waals surface area contributed by atoms with Crippen molar-refractivity contribution in [2.75, 3.05) is 6.61 Å². The second-order valence-corrected chi connectivity index (χ2v) is 16.0. The van der Waals surface area contributed by atoms with Gasteiger partial charge >= 0.3 is 156 Å². The Morgan fingerprint density at radius 1 is 1.08 bits per heavy atom. The largest absolute Gasteiger partial charge is 1.00 e. The van der Waals surface area contributed by atoms with Crippen molar-refractivity contribution in [1.82, 2.24) is 0 Å². The Labute approximate surface area is 180 Å². The normalized spacial score (nSPS) is 17.7. The minimum absolute atomic E-state index is 0. The zero-order valence-corrected chi connectivity index (χ0v) is 20.8. The van der Waals surface area contributed by atoms with Crippen LogP contribution >= 0.6 is 0 Å². The van der Waals surface area contributed by atoms with E-state index in [4.69, 9.17) is 4.43 Å². The van der Waals surface area contributed by atoms with Gasteiger partial charge in [-0.05, 0) is 0 Å². The Morgan fingerprint density at radius 3 is 2.46 bits per heavy atom. The molecule has 0 bridgehead atoms. The second kappa shape index (κ2) is 8.44. The Morgan fingerprint density at radius 2 is 1.77 bits per heavy atom. The molecule has 0 spiro atoms. The molecule has 2 nitrogen and oxygen atoms in total. The summed E-state index contributed by atoms with van der Waals surface area (Å²) in [6.45, 7) is 7.67. The summed E-state index contributed by atoms with van der Waals surface area (Å²) in [5.41, 5.74) is 5.43. The summed E-state index contributed by atoms with van der Waals surface area (Å²) in [5.74, 6) is 0.301. The first kappa shape index (κ1) is 22.1. The van der Waals surface area contributed by atoms with E-state index in [9.17, 15) is 4.79 Å². The van der Waals surface area contributed by atoms with Gasteiger partial charge in [0.1, 0.15) is 0 Å². The van der Waals surface area contributed by atoms with E-state index in [0.29, 0.717) is 5.78 Å². The van der Waals surface area contributed by atoms with Crippen LogP contribution in [0, 0.1) is 0 Å². The number of hydrogen-bond acceptors (Lipinski definition) is 2. The maximum atomic E-state index is 12.2. The molecule has 1 aromatic carbocycles. The molecule has 0 saturated carbocycles. The van der Waals surface area contributed by atoms with Gasteiger partial charge in [-0.2, -0.15) is 0 Å². The van der Waals surface area contributed by atoms with Crippen molar-refractivity contribution in [2.24, 2.45) is 0 Å². The van der Waals surface area contributed by atoms with Crippen molar-refractivity contribution in [2.45, 2.75) is 30.8 Å². The van der Waals surface area contributed by atoms with Crippen LogP contribution in [0.5, 0.6) is 0 Å². The first-order valence-corrected chi connectivity index (χ1v) is 15.4. The Hall–Kier alpha value is -0.202. The van der Waals surface area contributed by atoms with Gasteiger partial charge in [-0.1, -0.05) is 0 Å². The molecule has 0 aromatic heterocycles. The summed E-state index contributed by atoms with van der Waals surface area (Å²) in [6.07, 6.45) is 3.09. The van der Waals surface area contributed by atoms with Gasteiger partial charge in [-0.25, -0.2) is 0 Å². The molecule has 0 atom stereocenters. The molecule has 1 aliphatic heterocycles. The van der Waals surface area contributed by atoms with Gasteiger partial charge < -0.3 is 24.8 Å². The second-order valence-electron chi connectivity index (χ2n) is 7.59. The summed E-state index contributed by atoms with van der Waals surface area (Å²) < 4.78 is 8.89. The third kappa shape index (κ3) is 4.27. The average molecular weight is 457 g/mol. The van der Waals surface area contributed by atoms with Gasteiger partial charge in [0.15, 0.2) is 0 Å². The van der Waals surface area contributed by atoms with Crippen molar-refractivity contribution in [3.63, 3.8) is 0 Å². The number of benzene rings is 1. The fourth-order valence-electron chi connectivity index (χ4n) is 3.48. The number of ketones is 1. The smallest absolute Gasteiger partial charge is 1.00 e. The molecule has 0 N–H and O–H groups in total. The molecule has 136 valence electrons. The van der Waals surface area contributed by atoms with E-state index in [1.807, 2.05) is 6.08 Å². The van der Waals surface area contributed by atoms with Crippen LogP contribution in [0.25, 0.3) is 9.45 Å². The molecule has 2 aliphatic carbocycles. The first-order valence-electron chi connectivity index (χ1n) is 8.66.